The summed E-state index contributed by atoms with van der Waals surface area (Å²) in [6.45, 7) is 2.64. The van der Waals surface area contributed by atoms with E-state index in [-0.39, 0.29) is 17.8 Å². The van der Waals surface area contributed by atoms with Crippen LogP contribution in [0.5, 0.6) is 0 Å². The van der Waals surface area contributed by atoms with Crippen LogP contribution < -0.4 is 10.6 Å². The molecule has 0 radical (unpaired) electrons. The second-order valence-corrected chi connectivity index (χ2v) is 6.38. The van der Waals surface area contributed by atoms with E-state index < -0.39 is 0 Å². The Kier molecular flexibility index (Phi) is 5.23. The Morgan fingerprint density at radius 1 is 1.19 bits per heavy atom. The molecule has 1 heterocycles. The lowest BCUT2D eigenvalue weighted by atomic mass is 10.00. The normalized spacial score (nSPS) is 13.4. The van der Waals surface area contributed by atoms with Gasteiger partial charge in [-0.25, -0.2) is 9.37 Å². The Balaban J connectivity index is 1.90. The first kappa shape index (κ1) is 17.9. The number of hydrogen-bond acceptors (Lipinski definition) is 4. The maximum Gasteiger partial charge on any atom is 0.148 e. The lowest BCUT2D eigenvalue weighted by Crippen LogP contribution is -2.53. The quantitative estimate of drug-likeness (QED) is 0.669. The minimum atomic E-state index is -0.244. The predicted molar refractivity (Wildman–Crippen MR) is 102 cm³/mol. The molecule has 4 N–H and O–H groups in total. The molecule has 3 rings (SSSR count). The maximum absolute atomic E-state index is 13.5. The van der Waals surface area contributed by atoms with Crippen molar-refractivity contribution in [3.05, 3.63) is 65.6 Å². The number of aromatic nitrogens is 2. The molecule has 6 heteroatoms. The number of fused-ring (bicyclic) bond motifs is 1. The van der Waals surface area contributed by atoms with Gasteiger partial charge < -0.3 is 16.0 Å². The fourth-order valence-corrected chi connectivity index (χ4v) is 2.95. The van der Waals surface area contributed by atoms with Crippen LogP contribution in [-0.4, -0.2) is 29.8 Å². The summed E-state index contributed by atoms with van der Waals surface area (Å²) in [4.78, 5) is 11.2. The summed E-state index contributed by atoms with van der Waals surface area (Å²) in [5.74, 6) is 0.477. The first-order valence-electron chi connectivity index (χ1n) is 8.58. The van der Waals surface area contributed by atoms with Gasteiger partial charge in [0.05, 0.1) is 35.7 Å². The molecule has 0 bridgehead atoms. The second kappa shape index (κ2) is 7.58. The largest absolute Gasteiger partial charge is 0.357 e. The second-order valence-electron chi connectivity index (χ2n) is 6.38. The number of nitrogens with one attached hydrogen (secondary N) is 1. The van der Waals surface area contributed by atoms with Gasteiger partial charge in [0.15, 0.2) is 0 Å². The Labute approximate surface area is 152 Å². The molecule has 3 aromatic rings. The molecule has 0 aliphatic rings. The SMILES string of the molecule is C[C@H](c1cccc(F)c1)N(C)c1cnc2cc(C(C=N)C[NH3+])ccc2n1. The molecule has 0 saturated carbocycles. The first-order chi connectivity index (χ1) is 12.5. The van der Waals surface area contributed by atoms with E-state index in [0.29, 0.717) is 6.54 Å². The maximum atomic E-state index is 13.5. The van der Waals surface area contributed by atoms with Crippen LogP contribution >= 0.6 is 0 Å². The number of hydrogen-bond donors (Lipinski definition) is 2. The molecule has 2 aromatic carbocycles. The summed E-state index contributed by atoms with van der Waals surface area (Å²) in [7, 11) is 1.92. The van der Waals surface area contributed by atoms with Gasteiger partial charge in [-0.05, 0) is 42.3 Å². The molecule has 1 unspecified atom stereocenters. The predicted octanol–water partition coefficient (Wildman–Crippen LogP) is 2.94. The minimum absolute atomic E-state index is 0.00319. The zero-order valence-electron chi connectivity index (χ0n) is 15.0. The minimum Gasteiger partial charge on any atom is -0.357 e. The van der Waals surface area contributed by atoms with Crippen molar-refractivity contribution in [2.24, 2.45) is 0 Å². The average molecular weight is 352 g/mol. The van der Waals surface area contributed by atoms with Crippen LogP contribution in [-0.2, 0) is 0 Å². The van der Waals surface area contributed by atoms with Crippen LogP contribution in [0.15, 0.2) is 48.7 Å². The number of nitrogens with zero attached hydrogens (tertiary/aromatic N) is 3. The number of halogens is 1. The van der Waals surface area contributed by atoms with E-state index in [2.05, 4.69) is 10.7 Å². The summed E-state index contributed by atoms with van der Waals surface area (Å²) in [6.07, 6.45) is 3.13. The monoisotopic (exact) mass is 352 g/mol. The van der Waals surface area contributed by atoms with Crippen molar-refractivity contribution in [1.29, 1.82) is 5.41 Å². The molecule has 0 saturated heterocycles. The Morgan fingerprint density at radius 3 is 2.69 bits per heavy atom. The first-order valence-corrected chi connectivity index (χ1v) is 8.58. The van der Waals surface area contributed by atoms with Gasteiger partial charge in [0.2, 0.25) is 0 Å². The molecule has 0 fully saturated rings. The van der Waals surface area contributed by atoms with E-state index in [1.54, 1.807) is 12.3 Å². The van der Waals surface area contributed by atoms with Crippen LogP contribution in [0, 0.1) is 11.2 Å². The smallest absolute Gasteiger partial charge is 0.148 e. The number of quaternary nitrogens is 1. The summed E-state index contributed by atoms with van der Waals surface area (Å²) >= 11 is 0. The highest BCUT2D eigenvalue weighted by Crippen LogP contribution is 2.26. The molecule has 0 aliphatic heterocycles. The molecule has 5 nitrogen and oxygen atoms in total. The fourth-order valence-electron chi connectivity index (χ4n) is 2.95. The third-order valence-electron chi connectivity index (χ3n) is 4.77. The van der Waals surface area contributed by atoms with Gasteiger partial charge in [-0.3, -0.25) is 4.98 Å². The van der Waals surface area contributed by atoms with Crippen LogP contribution in [0.2, 0.25) is 0 Å². The topological polar surface area (TPSA) is 80.5 Å². The molecular weight excluding hydrogens is 329 g/mol. The van der Waals surface area contributed by atoms with Crippen molar-refractivity contribution in [2.45, 2.75) is 18.9 Å². The standard InChI is InChI=1S/C20H22FN5/c1-13(14-4-3-5-17(21)8-14)26(2)20-12-24-19-9-15(16(10-22)11-23)6-7-18(19)25-20/h3-10,12-13,16,22H,11,23H2,1-2H3/p+1/t13-,16?/m1/s1. The van der Waals surface area contributed by atoms with Crippen molar-refractivity contribution in [3.63, 3.8) is 0 Å². The van der Waals surface area contributed by atoms with Crippen LogP contribution in [0.25, 0.3) is 11.0 Å². The fraction of sp³-hybridized carbons (Fsp3) is 0.250. The summed E-state index contributed by atoms with van der Waals surface area (Å²) < 4.78 is 13.5. The van der Waals surface area contributed by atoms with Gasteiger partial charge in [0.1, 0.15) is 11.6 Å². The number of benzene rings is 2. The number of anilines is 1. The van der Waals surface area contributed by atoms with Gasteiger partial charge >= 0.3 is 0 Å². The average Bonchev–Trinajstić information content (AvgIpc) is 2.67. The van der Waals surface area contributed by atoms with Crippen molar-refractivity contribution < 1.29 is 10.1 Å². The molecule has 0 spiro atoms. The van der Waals surface area contributed by atoms with Gasteiger partial charge in [0.25, 0.3) is 0 Å². The Morgan fingerprint density at radius 2 is 2.00 bits per heavy atom. The summed E-state index contributed by atoms with van der Waals surface area (Å²) in [5.41, 5.74) is 7.37. The van der Waals surface area contributed by atoms with Gasteiger partial charge in [-0.15, -0.1) is 0 Å². The summed E-state index contributed by atoms with van der Waals surface area (Å²) in [5, 5.41) is 7.51. The van der Waals surface area contributed by atoms with Crippen molar-refractivity contribution in [1.82, 2.24) is 9.97 Å². The van der Waals surface area contributed by atoms with E-state index in [1.165, 1.54) is 18.3 Å². The van der Waals surface area contributed by atoms with Gasteiger partial charge in [-0.1, -0.05) is 18.2 Å². The highest BCUT2D eigenvalue weighted by molar-refractivity contribution is 5.78. The Bertz CT molecular complexity index is 927. The van der Waals surface area contributed by atoms with E-state index >= 15 is 0 Å². The molecule has 26 heavy (non-hydrogen) atoms. The molecular formula is C20H23FN5+. The highest BCUT2D eigenvalue weighted by atomic mass is 19.1. The van der Waals surface area contributed by atoms with Crippen LogP contribution in [0.1, 0.15) is 30.0 Å². The van der Waals surface area contributed by atoms with Crippen molar-refractivity contribution in [2.75, 3.05) is 18.5 Å². The highest BCUT2D eigenvalue weighted by Gasteiger charge is 2.16. The van der Waals surface area contributed by atoms with Gasteiger partial charge in [0, 0.05) is 13.3 Å². The zero-order chi connectivity index (χ0) is 18.7. The third kappa shape index (κ3) is 3.55. The zero-order valence-corrected chi connectivity index (χ0v) is 15.0. The molecule has 0 amide bonds. The van der Waals surface area contributed by atoms with Gasteiger partial charge in [-0.2, -0.15) is 0 Å². The molecule has 1 aromatic heterocycles. The van der Waals surface area contributed by atoms with Crippen molar-refractivity contribution in [3.8, 4) is 0 Å². The Hall–Kier alpha value is -2.86. The molecule has 2 atom stereocenters. The van der Waals surface area contributed by atoms with Crippen LogP contribution in [0.4, 0.5) is 10.2 Å². The summed E-state index contributed by atoms with van der Waals surface area (Å²) in [6, 6.07) is 12.4. The van der Waals surface area contributed by atoms with E-state index in [9.17, 15) is 4.39 Å². The lowest BCUT2D eigenvalue weighted by molar-refractivity contribution is -0.368. The van der Waals surface area contributed by atoms with Crippen LogP contribution in [0.3, 0.4) is 0 Å². The van der Waals surface area contributed by atoms with E-state index in [1.807, 2.05) is 43.1 Å². The van der Waals surface area contributed by atoms with Crippen molar-refractivity contribution >= 4 is 23.1 Å². The molecule has 134 valence electrons. The third-order valence-corrected chi connectivity index (χ3v) is 4.77. The number of rotatable bonds is 6. The lowest BCUT2D eigenvalue weighted by Gasteiger charge is -2.26. The van der Waals surface area contributed by atoms with E-state index in [4.69, 9.17) is 10.4 Å². The van der Waals surface area contributed by atoms with E-state index in [0.717, 1.165) is 28.0 Å². The molecule has 0 aliphatic carbocycles.